The lowest BCUT2D eigenvalue weighted by molar-refractivity contribution is -0.134. The van der Waals surface area contributed by atoms with Gasteiger partial charge in [0.2, 0.25) is 0 Å². The Kier molecular flexibility index (Phi) is 5.61. The molecule has 2 bridgehead atoms. The summed E-state index contributed by atoms with van der Waals surface area (Å²) >= 11 is 0. The Morgan fingerprint density at radius 2 is 1.71 bits per heavy atom. The number of hydrogen-bond donors (Lipinski definition) is 2. The molecule has 2 aliphatic carbocycles. The number of ketones is 1. The Balaban J connectivity index is 1.54. The maximum Gasteiger partial charge on any atom is 0.255 e. The fourth-order valence-electron chi connectivity index (χ4n) is 4.68. The zero-order valence-corrected chi connectivity index (χ0v) is 17.3. The van der Waals surface area contributed by atoms with Gasteiger partial charge in [-0.15, -0.1) is 0 Å². The second-order valence-electron chi connectivity index (χ2n) is 7.97. The number of anilines is 2. The van der Waals surface area contributed by atoms with Gasteiger partial charge in [-0.25, -0.2) is 0 Å². The van der Waals surface area contributed by atoms with Gasteiger partial charge in [0.05, 0.1) is 24.4 Å². The third kappa shape index (κ3) is 3.84. The monoisotopic (exact) mass is 420 g/mol. The van der Waals surface area contributed by atoms with E-state index in [1.54, 1.807) is 30.3 Å². The van der Waals surface area contributed by atoms with Crippen LogP contribution in [0.4, 0.5) is 11.4 Å². The highest BCUT2D eigenvalue weighted by Crippen LogP contribution is 2.49. The number of allylic oxidation sites excluding steroid dienone is 2. The quantitative estimate of drug-likeness (QED) is 0.422. The van der Waals surface area contributed by atoms with E-state index in [9.17, 15) is 19.6 Å². The van der Waals surface area contributed by atoms with E-state index >= 15 is 0 Å². The number of methoxy groups -OCH3 is 1. The van der Waals surface area contributed by atoms with E-state index in [4.69, 9.17) is 4.74 Å². The lowest BCUT2D eigenvalue weighted by Gasteiger charge is -2.28. The largest absolute Gasteiger partial charge is 0.494 e. The first-order valence-corrected chi connectivity index (χ1v) is 10.2. The molecular formula is C24H24N2O5. The summed E-state index contributed by atoms with van der Waals surface area (Å²) in [6.07, 6.45) is 4.71. The van der Waals surface area contributed by atoms with Crippen molar-refractivity contribution in [2.75, 3.05) is 17.5 Å². The lowest BCUT2D eigenvalue weighted by atomic mass is 9.80. The van der Waals surface area contributed by atoms with Gasteiger partial charge in [-0.05, 0) is 49.4 Å². The van der Waals surface area contributed by atoms with Crippen molar-refractivity contribution in [3.8, 4) is 5.75 Å². The Morgan fingerprint density at radius 1 is 1.03 bits per heavy atom. The number of nitrogens with zero attached hydrogens (tertiary/aromatic N) is 1. The molecule has 0 spiro atoms. The van der Waals surface area contributed by atoms with Crippen LogP contribution in [-0.4, -0.2) is 29.9 Å². The maximum absolute atomic E-state index is 13.1. The molecule has 0 radical (unpaired) electrons. The zero-order valence-electron chi connectivity index (χ0n) is 17.3. The molecule has 0 heterocycles. The molecule has 0 aliphatic heterocycles. The smallest absolute Gasteiger partial charge is 0.255 e. The first-order valence-electron chi connectivity index (χ1n) is 10.2. The third-order valence-electron chi connectivity index (χ3n) is 6.14. The second-order valence-corrected chi connectivity index (χ2v) is 7.97. The zero-order chi connectivity index (χ0) is 22.1. The Hall–Kier alpha value is -3.45. The number of carbonyl (C=O) groups excluding carboxylic acids is 3. The van der Waals surface area contributed by atoms with Gasteiger partial charge in [-0.3, -0.25) is 19.6 Å². The minimum absolute atomic E-state index is 0.0415. The van der Waals surface area contributed by atoms with E-state index in [0.717, 1.165) is 6.42 Å². The van der Waals surface area contributed by atoms with Crippen LogP contribution in [0.2, 0.25) is 0 Å². The van der Waals surface area contributed by atoms with Gasteiger partial charge in [0.15, 0.2) is 0 Å². The second kappa shape index (κ2) is 8.35. The number of Topliss-reactive ketones (excluding diaryl/α,β-unsaturated/α-hetero) is 1. The minimum atomic E-state index is -0.582. The summed E-state index contributed by atoms with van der Waals surface area (Å²) in [5.41, 5.74) is 1.10. The highest BCUT2D eigenvalue weighted by molar-refractivity contribution is 6.05. The number of hydrogen-bond acceptors (Lipinski definition) is 5. The van der Waals surface area contributed by atoms with Gasteiger partial charge in [0, 0.05) is 17.5 Å². The topological polar surface area (TPSA) is 95.9 Å². The first-order chi connectivity index (χ1) is 14.9. The third-order valence-corrected chi connectivity index (χ3v) is 6.14. The van der Waals surface area contributed by atoms with E-state index in [0.29, 0.717) is 22.1 Å². The van der Waals surface area contributed by atoms with Crippen LogP contribution < -0.4 is 15.1 Å². The normalized spacial score (nSPS) is 23.5. The molecule has 0 aromatic heterocycles. The molecule has 1 fully saturated rings. The van der Waals surface area contributed by atoms with Crippen molar-refractivity contribution < 1.29 is 24.3 Å². The minimum Gasteiger partial charge on any atom is -0.494 e. The molecule has 4 atom stereocenters. The summed E-state index contributed by atoms with van der Waals surface area (Å²) in [5, 5.41) is 14.0. The van der Waals surface area contributed by atoms with Crippen molar-refractivity contribution in [1.29, 1.82) is 0 Å². The van der Waals surface area contributed by atoms with Crippen LogP contribution in [0.15, 0.2) is 60.7 Å². The van der Waals surface area contributed by atoms with Gasteiger partial charge in [-0.2, -0.15) is 5.06 Å². The van der Waals surface area contributed by atoms with Crippen LogP contribution in [0.25, 0.3) is 0 Å². The lowest BCUT2D eigenvalue weighted by Crippen LogP contribution is -2.41. The molecule has 160 valence electrons. The van der Waals surface area contributed by atoms with Crippen molar-refractivity contribution in [1.82, 2.24) is 0 Å². The molecule has 2 aliphatic rings. The standard InChI is InChI=1S/C24H24N2O5/c1-14(27)21-16-8-9-17(12-16)22(21)24(29)26(30)18-10-11-19(20(13-18)31-2)25-23(28)15-6-4-3-5-7-15/h3-11,13,16-17,21-22,30H,12H2,1-2H3,(H,25,28). The number of ether oxygens (including phenoxy) is 1. The summed E-state index contributed by atoms with van der Waals surface area (Å²) in [4.78, 5) is 37.6. The number of nitrogens with one attached hydrogen (secondary N) is 1. The van der Waals surface area contributed by atoms with E-state index in [1.807, 2.05) is 18.2 Å². The summed E-state index contributed by atoms with van der Waals surface area (Å²) in [7, 11) is 1.44. The fraction of sp³-hybridized carbons (Fsp3) is 0.292. The molecule has 7 nitrogen and oxygen atoms in total. The Labute approximate surface area is 180 Å². The van der Waals surface area contributed by atoms with Gasteiger partial charge in [-0.1, -0.05) is 30.4 Å². The summed E-state index contributed by atoms with van der Waals surface area (Å²) < 4.78 is 5.36. The maximum atomic E-state index is 13.1. The van der Waals surface area contributed by atoms with Crippen LogP contribution >= 0.6 is 0 Å². The van der Waals surface area contributed by atoms with E-state index in [-0.39, 0.29) is 29.2 Å². The highest BCUT2D eigenvalue weighted by Gasteiger charge is 2.51. The van der Waals surface area contributed by atoms with Crippen molar-refractivity contribution in [3.63, 3.8) is 0 Å². The summed E-state index contributed by atoms with van der Waals surface area (Å²) in [6.45, 7) is 1.49. The van der Waals surface area contributed by atoms with E-state index in [2.05, 4.69) is 5.32 Å². The van der Waals surface area contributed by atoms with Crippen molar-refractivity contribution in [2.45, 2.75) is 13.3 Å². The molecule has 4 rings (SSSR count). The van der Waals surface area contributed by atoms with Gasteiger partial charge >= 0.3 is 0 Å². The van der Waals surface area contributed by atoms with Gasteiger partial charge < -0.3 is 10.1 Å². The molecule has 2 N–H and O–H groups in total. The van der Waals surface area contributed by atoms with Crippen LogP contribution in [0.5, 0.6) is 5.75 Å². The van der Waals surface area contributed by atoms with Crippen LogP contribution in [0.1, 0.15) is 23.7 Å². The van der Waals surface area contributed by atoms with Gasteiger partial charge in [0.25, 0.3) is 11.8 Å². The average Bonchev–Trinajstić information content (AvgIpc) is 3.40. The van der Waals surface area contributed by atoms with Crippen LogP contribution in [0, 0.1) is 23.7 Å². The first kappa shape index (κ1) is 20.8. The molecule has 0 saturated heterocycles. The molecule has 1 saturated carbocycles. The number of hydroxylamine groups is 1. The van der Waals surface area contributed by atoms with Crippen LogP contribution in [-0.2, 0) is 9.59 Å². The van der Waals surface area contributed by atoms with Crippen molar-refractivity contribution in [3.05, 3.63) is 66.2 Å². The summed E-state index contributed by atoms with van der Waals surface area (Å²) in [6, 6.07) is 13.3. The number of fused-ring (bicyclic) bond motifs is 2. The highest BCUT2D eigenvalue weighted by atomic mass is 16.5. The van der Waals surface area contributed by atoms with Crippen molar-refractivity contribution >= 4 is 29.0 Å². The number of carbonyl (C=O) groups is 3. The number of rotatable bonds is 6. The fourth-order valence-corrected chi connectivity index (χ4v) is 4.68. The van der Waals surface area contributed by atoms with E-state index < -0.39 is 17.7 Å². The molecule has 7 heteroatoms. The molecule has 4 unspecified atom stereocenters. The molecule has 2 aromatic carbocycles. The predicted octanol–water partition coefficient (Wildman–Crippen LogP) is 3.70. The SMILES string of the molecule is COc1cc(N(O)C(=O)C2C3C=CC(C3)C2C(C)=O)ccc1NC(=O)c1ccccc1. The number of amides is 2. The molecule has 2 aromatic rings. The number of benzene rings is 2. The van der Waals surface area contributed by atoms with Crippen molar-refractivity contribution in [2.24, 2.45) is 23.7 Å². The average molecular weight is 420 g/mol. The van der Waals surface area contributed by atoms with E-state index in [1.165, 1.54) is 26.2 Å². The molecular weight excluding hydrogens is 396 g/mol. The van der Waals surface area contributed by atoms with Gasteiger partial charge in [0.1, 0.15) is 11.5 Å². The van der Waals surface area contributed by atoms with Crippen LogP contribution in [0.3, 0.4) is 0 Å². The Morgan fingerprint density at radius 3 is 2.35 bits per heavy atom. The Bertz CT molecular complexity index is 1050. The molecule has 31 heavy (non-hydrogen) atoms. The molecule has 2 amide bonds. The summed E-state index contributed by atoms with van der Waals surface area (Å²) in [5.74, 6) is -1.56. The predicted molar refractivity (Wildman–Crippen MR) is 115 cm³/mol.